The standard InChI is InChI=1S/C34H16N2O6/c37-33-24-10-8-21(35(39)40)15-27(24)29-14-20(12-18-4-1-5-25(33)32(18)29)19-11-17-3-2-6-26-31(17)28(13-19)23-9-7-22(36(41)42)16-30(23)34(26)38/h1-16H. The highest BCUT2D eigenvalue weighted by Crippen LogP contribution is 2.46. The van der Waals surface area contributed by atoms with Gasteiger partial charge in [0.25, 0.3) is 11.4 Å². The molecule has 0 radical (unpaired) electrons. The summed E-state index contributed by atoms with van der Waals surface area (Å²) in [6.07, 6.45) is 0. The van der Waals surface area contributed by atoms with Crippen LogP contribution in [0.2, 0.25) is 0 Å². The molecule has 0 bridgehead atoms. The number of nitrogens with zero attached hydrogens (tertiary/aromatic N) is 2. The van der Waals surface area contributed by atoms with Gasteiger partial charge >= 0.3 is 0 Å². The summed E-state index contributed by atoms with van der Waals surface area (Å²) in [7, 11) is 0. The van der Waals surface area contributed by atoms with Crippen LogP contribution in [0.3, 0.4) is 0 Å². The van der Waals surface area contributed by atoms with Crippen molar-refractivity contribution in [3.63, 3.8) is 0 Å². The molecule has 0 spiro atoms. The molecule has 0 saturated carbocycles. The second kappa shape index (κ2) is 8.25. The molecule has 0 atom stereocenters. The highest BCUT2D eigenvalue weighted by molar-refractivity contribution is 6.28. The molecule has 0 saturated heterocycles. The van der Waals surface area contributed by atoms with Crippen LogP contribution in [0.15, 0.2) is 97.1 Å². The fourth-order valence-electron chi connectivity index (χ4n) is 6.42. The van der Waals surface area contributed by atoms with E-state index in [2.05, 4.69) is 0 Å². The predicted molar refractivity (Wildman–Crippen MR) is 158 cm³/mol. The van der Waals surface area contributed by atoms with Crippen LogP contribution in [0.1, 0.15) is 31.8 Å². The molecular weight excluding hydrogens is 532 g/mol. The minimum absolute atomic E-state index is 0.0995. The van der Waals surface area contributed by atoms with Crippen LogP contribution in [0.4, 0.5) is 11.4 Å². The lowest BCUT2D eigenvalue weighted by molar-refractivity contribution is -0.385. The quantitative estimate of drug-likeness (QED) is 0.163. The van der Waals surface area contributed by atoms with Crippen LogP contribution in [-0.2, 0) is 0 Å². The monoisotopic (exact) mass is 548 g/mol. The van der Waals surface area contributed by atoms with Gasteiger partial charge in [-0.1, -0.05) is 36.4 Å². The SMILES string of the molecule is O=C1c2cc([N+](=O)[O-])ccc2-c2cc(-c3cc4c5c(cccc5c3)C(=O)c3ccc([N+](=O)[O-])cc3-4)cc3cccc1c23. The maximum atomic E-state index is 13.4. The summed E-state index contributed by atoms with van der Waals surface area (Å²) in [5, 5.41) is 26.3. The molecule has 6 aromatic carbocycles. The van der Waals surface area contributed by atoms with Gasteiger partial charge < -0.3 is 0 Å². The van der Waals surface area contributed by atoms with Crippen LogP contribution in [-0.4, -0.2) is 21.4 Å². The third-order valence-corrected chi connectivity index (χ3v) is 8.27. The van der Waals surface area contributed by atoms with Crippen molar-refractivity contribution in [1.29, 1.82) is 0 Å². The fraction of sp³-hybridized carbons (Fsp3) is 0. The van der Waals surface area contributed by atoms with Crippen molar-refractivity contribution < 1.29 is 19.4 Å². The van der Waals surface area contributed by atoms with E-state index in [9.17, 15) is 29.8 Å². The van der Waals surface area contributed by atoms with Gasteiger partial charge in [0.05, 0.1) is 9.85 Å². The molecule has 6 aromatic rings. The second-order valence-electron chi connectivity index (χ2n) is 10.5. The normalized spacial score (nSPS) is 12.8. The van der Waals surface area contributed by atoms with Crippen LogP contribution in [0.25, 0.3) is 54.9 Å². The lowest BCUT2D eigenvalue weighted by Crippen LogP contribution is -2.11. The molecule has 8 nitrogen and oxygen atoms in total. The van der Waals surface area contributed by atoms with Gasteiger partial charge in [0.1, 0.15) is 0 Å². The van der Waals surface area contributed by atoms with E-state index in [-0.39, 0.29) is 28.5 Å². The van der Waals surface area contributed by atoms with Crippen molar-refractivity contribution in [2.75, 3.05) is 0 Å². The first-order valence-corrected chi connectivity index (χ1v) is 13.1. The van der Waals surface area contributed by atoms with Gasteiger partial charge in [-0.15, -0.1) is 0 Å². The van der Waals surface area contributed by atoms with E-state index in [1.165, 1.54) is 30.3 Å². The number of carbonyl (C=O) groups is 2. The van der Waals surface area contributed by atoms with E-state index < -0.39 is 9.85 Å². The smallest absolute Gasteiger partial charge is 0.270 e. The Morgan fingerprint density at radius 3 is 1.45 bits per heavy atom. The highest BCUT2D eigenvalue weighted by atomic mass is 16.6. The van der Waals surface area contributed by atoms with Crippen molar-refractivity contribution in [1.82, 2.24) is 0 Å². The number of hydrogen-bond donors (Lipinski definition) is 0. The fourth-order valence-corrected chi connectivity index (χ4v) is 6.42. The highest BCUT2D eigenvalue weighted by Gasteiger charge is 2.30. The van der Waals surface area contributed by atoms with Gasteiger partial charge in [-0.2, -0.15) is 0 Å². The number of benzene rings is 6. The summed E-state index contributed by atoms with van der Waals surface area (Å²) < 4.78 is 0. The molecule has 0 aliphatic heterocycles. The molecular formula is C34H16N2O6. The predicted octanol–water partition coefficient (Wildman–Crippen LogP) is 7.90. The molecule has 2 aliphatic rings. The first-order chi connectivity index (χ1) is 20.3. The molecule has 2 aliphatic carbocycles. The van der Waals surface area contributed by atoms with E-state index in [4.69, 9.17) is 0 Å². The van der Waals surface area contributed by atoms with E-state index in [1.54, 1.807) is 24.3 Å². The Morgan fingerprint density at radius 1 is 0.429 bits per heavy atom. The van der Waals surface area contributed by atoms with Gasteiger partial charge in [-0.3, -0.25) is 29.8 Å². The number of ketones is 2. The van der Waals surface area contributed by atoms with E-state index in [0.717, 1.165) is 43.8 Å². The molecule has 0 fully saturated rings. The molecule has 42 heavy (non-hydrogen) atoms. The molecule has 0 aromatic heterocycles. The molecule has 0 N–H and O–H groups in total. The number of carbonyl (C=O) groups excluding carboxylic acids is 2. The summed E-state index contributed by atoms with van der Waals surface area (Å²) in [6.45, 7) is 0. The summed E-state index contributed by atoms with van der Waals surface area (Å²) in [6, 6.07) is 27.5. The number of non-ortho nitro benzene ring substituents is 2. The van der Waals surface area contributed by atoms with E-state index in [0.29, 0.717) is 27.8 Å². The van der Waals surface area contributed by atoms with Crippen molar-refractivity contribution in [2.45, 2.75) is 0 Å². The molecule has 198 valence electrons. The van der Waals surface area contributed by atoms with E-state index in [1.807, 2.05) is 42.5 Å². The molecule has 8 rings (SSSR count). The summed E-state index contributed by atoms with van der Waals surface area (Å²) in [4.78, 5) is 48.9. The average molecular weight is 549 g/mol. The number of fused-ring (bicyclic) bond motifs is 4. The Morgan fingerprint density at radius 2 is 0.905 bits per heavy atom. The second-order valence-corrected chi connectivity index (χ2v) is 10.5. The lowest BCUT2D eigenvalue weighted by Gasteiger charge is -2.23. The zero-order valence-corrected chi connectivity index (χ0v) is 21.6. The van der Waals surface area contributed by atoms with Gasteiger partial charge in [0, 0.05) is 62.9 Å². The topological polar surface area (TPSA) is 120 Å². The Labute approximate surface area is 236 Å². The third-order valence-electron chi connectivity index (χ3n) is 8.27. The molecule has 0 amide bonds. The summed E-state index contributed by atoms with van der Waals surface area (Å²) >= 11 is 0. The Bertz CT molecular complexity index is 2300. The van der Waals surface area contributed by atoms with Crippen molar-refractivity contribution >= 4 is 44.5 Å². The first-order valence-electron chi connectivity index (χ1n) is 13.1. The van der Waals surface area contributed by atoms with Crippen LogP contribution < -0.4 is 0 Å². The lowest BCUT2D eigenvalue weighted by atomic mass is 9.79. The number of rotatable bonds is 3. The number of nitro benzene ring substituents is 2. The van der Waals surface area contributed by atoms with Crippen LogP contribution in [0, 0.1) is 20.2 Å². The Kier molecular flexibility index (Phi) is 4.68. The largest absolute Gasteiger partial charge is 0.289 e. The number of nitro groups is 2. The minimum atomic E-state index is -0.512. The first kappa shape index (κ1) is 23.8. The zero-order chi connectivity index (χ0) is 28.9. The third kappa shape index (κ3) is 3.17. The molecule has 8 heteroatoms. The van der Waals surface area contributed by atoms with Crippen molar-refractivity contribution in [2.24, 2.45) is 0 Å². The van der Waals surface area contributed by atoms with Crippen molar-refractivity contribution in [3.05, 3.63) is 140 Å². The van der Waals surface area contributed by atoms with Crippen LogP contribution >= 0.6 is 0 Å². The maximum Gasteiger partial charge on any atom is 0.270 e. The van der Waals surface area contributed by atoms with Gasteiger partial charge in [-0.25, -0.2) is 0 Å². The Balaban J connectivity index is 1.42. The summed E-state index contributed by atoms with van der Waals surface area (Å²) in [5.74, 6) is -0.436. The summed E-state index contributed by atoms with van der Waals surface area (Å²) in [5.41, 5.74) is 5.76. The Hall–Kier alpha value is -6.02. The maximum absolute atomic E-state index is 13.4. The van der Waals surface area contributed by atoms with E-state index >= 15 is 0 Å². The van der Waals surface area contributed by atoms with Crippen molar-refractivity contribution in [3.8, 4) is 33.4 Å². The average Bonchev–Trinajstić information content (AvgIpc) is 3.01. The van der Waals surface area contributed by atoms with Gasteiger partial charge in [0.2, 0.25) is 0 Å². The zero-order valence-electron chi connectivity index (χ0n) is 21.6. The van der Waals surface area contributed by atoms with Gasteiger partial charge in [-0.05, 0) is 75.0 Å². The van der Waals surface area contributed by atoms with Gasteiger partial charge in [0.15, 0.2) is 11.6 Å². The number of hydrogen-bond acceptors (Lipinski definition) is 6. The molecule has 0 heterocycles. The van der Waals surface area contributed by atoms with Crippen LogP contribution in [0.5, 0.6) is 0 Å². The minimum Gasteiger partial charge on any atom is -0.289 e. The molecule has 0 unspecified atom stereocenters.